The predicted molar refractivity (Wildman–Crippen MR) is 78.0 cm³/mol. The van der Waals surface area contributed by atoms with E-state index in [0.29, 0.717) is 5.92 Å². The maximum absolute atomic E-state index is 4.37. The molecule has 1 aromatic heterocycles. The van der Waals surface area contributed by atoms with Gasteiger partial charge in [-0.05, 0) is 36.1 Å². The molecule has 1 aliphatic carbocycles. The van der Waals surface area contributed by atoms with Crippen LogP contribution in [0.4, 0.5) is 0 Å². The minimum Gasteiger partial charge on any atom is -0.285 e. The van der Waals surface area contributed by atoms with E-state index in [1.807, 2.05) is 24.5 Å². The summed E-state index contributed by atoms with van der Waals surface area (Å²) in [6, 6.07) is 19.0. The third-order valence-electron chi connectivity index (χ3n) is 4.02. The molecular weight excluding hydrogens is 246 g/mol. The number of benzene rings is 2. The Bertz CT molecular complexity index is 706. The zero-order chi connectivity index (χ0) is 13.4. The summed E-state index contributed by atoms with van der Waals surface area (Å²) < 4.78 is 2.11. The minimum atomic E-state index is 0.426. The summed E-state index contributed by atoms with van der Waals surface area (Å²) in [5.41, 5.74) is 4.02. The summed E-state index contributed by atoms with van der Waals surface area (Å²) >= 11 is 0. The maximum atomic E-state index is 4.37. The molecule has 0 amide bonds. The topological polar surface area (TPSA) is 30.7 Å². The highest BCUT2D eigenvalue weighted by Crippen LogP contribution is 2.33. The monoisotopic (exact) mass is 261 g/mol. The van der Waals surface area contributed by atoms with E-state index >= 15 is 0 Å². The van der Waals surface area contributed by atoms with E-state index in [2.05, 4.69) is 51.2 Å². The van der Waals surface area contributed by atoms with Gasteiger partial charge in [-0.1, -0.05) is 42.5 Å². The highest BCUT2D eigenvalue weighted by molar-refractivity contribution is 5.38. The van der Waals surface area contributed by atoms with Gasteiger partial charge in [0.1, 0.15) is 12.2 Å². The van der Waals surface area contributed by atoms with Crippen molar-refractivity contribution in [1.82, 2.24) is 14.8 Å². The summed E-state index contributed by atoms with van der Waals surface area (Å²) in [4.78, 5) is 0. The number of nitrogens with zero attached hydrogens (tertiary/aromatic N) is 3. The molecule has 0 radical (unpaired) electrons. The molecule has 1 aliphatic rings. The van der Waals surface area contributed by atoms with Crippen LogP contribution in [0.15, 0.2) is 60.9 Å². The summed E-state index contributed by atoms with van der Waals surface area (Å²) in [5.74, 6) is 1.49. The smallest absolute Gasteiger partial charge is 0.141 e. The highest BCUT2D eigenvalue weighted by Gasteiger charge is 2.26. The second kappa shape index (κ2) is 4.60. The molecule has 3 nitrogen and oxygen atoms in total. The van der Waals surface area contributed by atoms with E-state index in [1.165, 1.54) is 11.1 Å². The van der Waals surface area contributed by atoms with Crippen molar-refractivity contribution in [1.29, 1.82) is 0 Å². The number of hydrogen-bond donors (Lipinski definition) is 0. The summed E-state index contributed by atoms with van der Waals surface area (Å²) in [5, 5.41) is 8.49. The van der Waals surface area contributed by atoms with E-state index in [0.717, 1.165) is 24.4 Å². The first-order valence-corrected chi connectivity index (χ1v) is 6.94. The molecule has 0 bridgehead atoms. The van der Waals surface area contributed by atoms with Gasteiger partial charge in [-0.15, -0.1) is 10.2 Å². The SMILES string of the molecule is c1ccc(-n2cnnc2C2Cc3ccccc3C2)cc1. The molecule has 0 unspecified atom stereocenters. The lowest BCUT2D eigenvalue weighted by Crippen LogP contribution is -2.07. The van der Waals surface area contributed by atoms with Crippen LogP contribution in [0.25, 0.3) is 5.69 Å². The van der Waals surface area contributed by atoms with Crippen molar-refractivity contribution in [2.45, 2.75) is 18.8 Å². The van der Waals surface area contributed by atoms with Crippen molar-refractivity contribution in [3.05, 3.63) is 77.9 Å². The predicted octanol–water partition coefficient (Wildman–Crippen LogP) is 3.15. The van der Waals surface area contributed by atoms with Crippen LogP contribution in [0, 0.1) is 0 Å². The van der Waals surface area contributed by atoms with Gasteiger partial charge in [-0.3, -0.25) is 4.57 Å². The first kappa shape index (κ1) is 11.4. The number of fused-ring (bicyclic) bond motifs is 1. The van der Waals surface area contributed by atoms with Gasteiger partial charge in [0.25, 0.3) is 0 Å². The van der Waals surface area contributed by atoms with E-state index in [4.69, 9.17) is 0 Å². The molecule has 0 fully saturated rings. The van der Waals surface area contributed by atoms with Crippen LogP contribution >= 0.6 is 0 Å². The van der Waals surface area contributed by atoms with Crippen LogP contribution in [-0.4, -0.2) is 14.8 Å². The van der Waals surface area contributed by atoms with Gasteiger partial charge in [0.2, 0.25) is 0 Å². The number of hydrogen-bond acceptors (Lipinski definition) is 2. The van der Waals surface area contributed by atoms with Crippen LogP contribution in [0.5, 0.6) is 0 Å². The number of para-hydroxylation sites is 1. The minimum absolute atomic E-state index is 0.426. The van der Waals surface area contributed by atoms with Crippen molar-refractivity contribution in [2.75, 3.05) is 0 Å². The van der Waals surface area contributed by atoms with Gasteiger partial charge < -0.3 is 0 Å². The molecule has 3 heteroatoms. The molecule has 0 spiro atoms. The largest absolute Gasteiger partial charge is 0.285 e. The Morgan fingerprint density at radius 2 is 1.50 bits per heavy atom. The summed E-state index contributed by atoms with van der Waals surface area (Å²) in [6.45, 7) is 0. The van der Waals surface area contributed by atoms with E-state index < -0.39 is 0 Å². The highest BCUT2D eigenvalue weighted by atomic mass is 15.3. The average molecular weight is 261 g/mol. The third-order valence-corrected chi connectivity index (χ3v) is 4.02. The number of aromatic nitrogens is 3. The van der Waals surface area contributed by atoms with Crippen molar-refractivity contribution >= 4 is 0 Å². The van der Waals surface area contributed by atoms with Gasteiger partial charge in [-0.25, -0.2) is 0 Å². The third kappa shape index (κ3) is 1.83. The molecule has 0 N–H and O–H groups in total. The summed E-state index contributed by atoms with van der Waals surface area (Å²) in [6.07, 6.45) is 3.93. The van der Waals surface area contributed by atoms with Gasteiger partial charge in [0.05, 0.1) is 0 Å². The maximum Gasteiger partial charge on any atom is 0.141 e. The molecule has 1 heterocycles. The average Bonchev–Trinajstić information content (AvgIpc) is 3.14. The Balaban J connectivity index is 1.71. The molecule has 0 saturated carbocycles. The Labute approximate surface area is 117 Å². The lowest BCUT2D eigenvalue weighted by molar-refractivity contribution is 0.664. The fourth-order valence-electron chi connectivity index (χ4n) is 3.05. The second-order valence-electron chi connectivity index (χ2n) is 5.27. The van der Waals surface area contributed by atoms with Gasteiger partial charge in [0.15, 0.2) is 0 Å². The molecule has 0 saturated heterocycles. The quantitative estimate of drug-likeness (QED) is 0.709. The van der Waals surface area contributed by atoms with Crippen molar-refractivity contribution < 1.29 is 0 Å². The van der Waals surface area contributed by atoms with Crippen molar-refractivity contribution in [3.63, 3.8) is 0 Å². The standard InChI is InChI=1S/C17H15N3/c1-2-8-16(9-3-1)20-12-18-19-17(20)15-10-13-6-4-5-7-14(13)11-15/h1-9,12,15H,10-11H2. The zero-order valence-corrected chi connectivity index (χ0v) is 11.1. The van der Waals surface area contributed by atoms with E-state index in [-0.39, 0.29) is 0 Å². The molecule has 4 rings (SSSR count). The molecule has 20 heavy (non-hydrogen) atoms. The Hall–Kier alpha value is -2.42. The molecule has 2 aromatic carbocycles. The van der Waals surface area contributed by atoms with Crippen molar-refractivity contribution in [2.24, 2.45) is 0 Å². The first-order valence-electron chi connectivity index (χ1n) is 6.94. The zero-order valence-electron chi connectivity index (χ0n) is 11.1. The second-order valence-corrected chi connectivity index (χ2v) is 5.27. The summed E-state index contributed by atoms with van der Waals surface area (Å²) in [7, 11) is 0. The van der Waals surface area contributed by atoms with Crippen LogP contribution in [-0.2, 0) is 12.8 Å². The first-order chi connectivity index (χ1) is 9.92. The van der Waals surface area contributed by atoms with Gasteiger partial charge in [-0.2, -0.15) is 0 Å². The molecular formula is C17H15N3. The van der Waals surface area contributed by atoms with Gasteiger partial charge in [0, 0.05) is 11.6 Å². The Kier molecular flexibility index (Phi) is 2.62. The molecule has 0 aliphatic heterocycles. The van der Waals surface area contributed by atoms with E-state index in [1.54, 1.807) is 0 Å². The van der Waals surface area contributed by atoms with E-state index in [9.17, 15) is 0 Å². The lowest BCUT2D eigenvalue weighted by atomic mass is 10.1. The van der Waals surface area contributed by atoms with Gasteiger partial charge >= 0.3 is 0 Å². The Morgan fingerprint density at radius 3 is 2.20 bits per heavy atom. The fraction of sp³-hybridized carbons (Fsp3) is 0.176. The van der Waals surface area contributed by atoms with Crippen LogP contribution in [0.3, 0.4) is 0 Å². The molecule has 3 aromatic rings. The Morgan fingerprint density at radius 1 is 0.850 bits per heavy atom. The number of rotatable bonds is 2. The fourth-order valence-corrected chi connectivity index (χ4v) is 3.05. The normalized spacial score (nSPS) is 14.4. The van der Waals surface area contributed by atoms with Crippen LogP contribution in [0.1, 0.15) is 22.9 Å². The van der Waals surface area contributed by atoms with Crippen LogP contribution in [0.2, 0.25) is 0 Å². The van der Waals surface area contributed by atoms with Crippen LogP contribution < -0.4 is 0 Å². The molecule has 0 atom stereocenters. The van der Waals surface area contributed by atoms with Crippen molar-refractivity contribution in [3.8, 4) is 5.69 Å². The lowest BCUT2D eigenvalue weighted by Gasteiger charge is -2.11. The molecule has 98 valence electrons.